The molecule has 20 heavy (non-hydrogen) atoms. The van der Waals surface area contributed by atoms with Crippen LogP contribution in [0.3, 0.4) is 0 Å². The summed E-state index contributed by atoms with van der Waals surface area (Å²) in [6.45, 7) is 3.15. The van der Waals surface area contributed by atoms with Crippen LogP contribution >= 0.6 is 0 Å². The van der Waals surface area contributed by atoms with Gasteiger partial charge in [0.1, 0.15) is 0 Å². The number of para-hydroxylation sites is 1. The second-order valence-electron chi connectivity index (χ2n) is 6.23. The van der Waals surface area contributed by atoms with Gasteiger partial charge in [0.15, 0.2) is 0 Å². The molecule has 0 radical (unpaired) electrons. The van der Waals surface area contributed by atoms with Crippen LogP contribution in [-0.2, 0) is 4.79 Å². The Hall–Kier alpha value is -1.51. The van der Waals surface area contributed by atoms with E-state index in [0.29, 0.717) is 12.0 Å². The van der Waals surface area contributed by atoms with Gasteiger partial charge in [0.25, 0.3) is 0 Å². The van der Waals surface area contributed by atoms with Gasteiger partial charge in [0.05, 0.1) is 5.92 Å². The number of carbonyl (C=O) groups excluding carboxylic acids is 1. The fourth-order valence-corrected chi connectivity index (χ4v) is 3.55. The fraction of sp³-hybridized carbons (Fsp3) is 0.588. The molecule has 2 N–H and O–H groups in total. The van der Waals surface area contributed by atoms with Crippen LogP contribution in [0.25, 0.3) is 0 Å². The van der Waals surface area contributed by atoms with Crippen molar-refractivity contribution in [3.05, 3.63) is 29.8 Å². The van der Waals surface area contributed by atoms with Crippen molar-refractivity contribution >= 4 is 11.6 Å². The molecule has 0 aromatic heterocycles. The summed E-state index contributed by atoms with van der Waals surface area (Å²) < 4.78 is 0. The number of benzene rings is 1. The normalized spacial score (nSPS) is 29.1. The van der Waals surface area contributed by atoms with Crippen molar-refractivity contribution in [2.24, 2.45) is 5.92 Å². The van der Waals surface area contributed by atoms with E-state index in [1.807, 2.05) is 12.1 Å². The van der Waals surface area contributed by atoms with Crippen LogP contribution in [0.4, 0.5) is 5.69 Å². The van der Waals surface area contributed by atoms with Crippen LogP contribution < -0.4 is 10.6 Å². The second kappa shape index (κ2) is 5.86. The SMILES string of the molecule is CC1CCCCC1NC(=O)C1CCNc2ccccc21. The molecule has 1 fully saturated rings. The standard InChI is InChI=1S/C17H24N2O/c1-12-6-2-4-8-15(12)19-17(20)14-10-11-18-16-9-5-3-7-13(14)16/h3,5,7,9,12,14-15,18H,2,4,6,8,10-11H2,1H3,(H,19,20). The van der Waals surface area contributed by atoms with Crippen molar-refractivity contribution in [2.45, 2.75) is 51.0 Å². The minimum Gasteiger partial charge on any atom is -0.385 e. The number of hydrogen-bond donors (Lipinski definition) is 2. The zero-order chi connectivity index (χ0) is 13.9. The molecule has 1 aromatic rings. The third-order valence-corrected chi connectivity index (χ3v) is 4.84. The highest BCUT2D eigenvalue weighted by Gasteiger charge is 2.29. The molecule has 3 atom stereocenters. The van der Waals surface area contributed by atoms with Gasteiger partial charge in [-0.3, -0.25) is 4.79 Å². The van der Waals surface area contributed by atoms with Crippen LogP contribution in [0.2, 0.25) is 0 Å². The Labute approximate surface area is 121 Å². The molecule has 1 saturated carbocycles. The average Bonchev–Trinajstić information content (AvgIpc) is 2.49. The summed E-state index contributed by atoms with van der Waals surface area (Å²) in [5.41, 5.74) is 2.27. The molecule has 1 aliphatic heterocycles. The molecule has 0 saturated heterocycles. The van der Waals surface area contributed by atoms with Gasteiger partial charge in [-0.15, -0.1) is 0 Å². The van der Waals surface area contributed by atoms with Crippen LogP contribution in [0, 0.1) is 5.92 Å². The van der Waals surface area contributed by atoms with Gasteiger partial charge in [0.2, 0.25) is 5.91 Å². The van der Waals surface area contributed by atoms with E-state index in [0.717, 1.165) is 30.6 Å². The molecule has 2 aliphatic rings. The smallest absolute Gasteiger partial charge is 0.227 e. The predicted molar refractivity (Wildman–Crippen MR) is 81.9 cm³/mol. The van der Waals surface area contributed by atoms with E-state index in [2.05, 4.69) is 29.7 Å². The summed E-state index contributed by atoms with van der Waals surface area (Å²) in [6.07, 6.45) is 5.83. The zero-order valence-electron chi connectivity index (χ0n) is 12.2. The molecular formula is C17H24N2O. The number of rotatable bonds is 2. The maximum atomic E-state index is 12.6. The number of carbonyl (C=O) groups is 1. The van der Waals surface area contributed by atoms with Crippen LogP contribution in [0.1, 0.15) is 50.5 Å². The lowest BCUT2D eigenvalue weighted by Crippen LogP contribution is -2.44. The van der Waals surface area contributed by atoms with E-state index in [1.54, 1.807) is 0 Å². The minimum atomic E-state index is 0.0153. The molecule has 0 spiro atoms. The van der Waals surface area contributed by atoms with Gasteiger partial charge >= 0.3 is 0 Å². The van der Waals surface area contributed by atoms with Crippen LogP contribution in [0.5, 0.6) is 0 Å². The van der Waals surface area contributed by atoms with Gasteiger partial charge in [-0.2, -0.15) is 0 Å². The Morgan fingerprint density at radius 1 is 1.20 bits per heavy atom. The quantitative estimate of drug-likeness (QED) is 0.867. The highest BCUT2D eigenvalue weighted by molar-refractivity contribution is 5.86. The van der Waals surface area contributed by atoms with Gasteiger partial charge in [-0.25, -0.2) is 0 Å². The van der Waals surface area contributed by atoms with Crippen LogP contribution in [0.15, 0.2) is 24.3 Å². The molecule has 1 aliphatic carbocycles. The Morgan fingerprint density at radius 2 is 2.00 bits per heavy atom. The third kappa shape index (κ3) is 2.67. The Bertz CT molecular complexity index is 486. The first kappa shape index (κ1) is 13.5. The van der Waals surface area contributed by atoms with E-state index in [-0.39, 0.29) is 11.8 Å². The molecular weight excluding hydrogens is 248 g/mol. The molecule has 3 rings (SSSR count). The lowest BCUT2D eigenvalue weighted by atomic mass is 9.84. The molecule has 3 unspecified atom stereocenters. The van der Waals surface area contributed by atoms with Gasteiger partial charge < -0.3 is 10.6 Å². The van der Waals surface area contributed by atoms with Crippen LogP contribution in [-0.4, -0.2) is 18.5 Å². The van der Waals surface area contributed by atoms with Crippen molar-refractivity contribution in [3.8, 4) is 0 Å². The van der Waals surface area contributed by atoms with Crippen molar-refractivity contribution < 1.29 is 4.79 Å². The molecule has 108 valence electrons. The number of amides is 1. The largest absolute Gasteiger partial charge is 0.385 e. The Morgan fingerprint density at radius 3 is 2.85 bits per heavy atom. The van der Waals surface area contributed by atoms with Gasteiger partial charge in [-0.05, 0) is 36.8 Å². The van der Waals surface area contributed by atoms with Gasteiger partial charge in [0, 0.05) is 18.3 Å². The summed E-state index contributed by atoms with van der Waals surface area (Å²) in [7, 11) is 0. The summed E-state index contributed by atoms with van der Waals surface area (Å²) in [5, 5.41) is 6.69. The minimum absolute atomic E-state index is 0.0153. The second-order valence-corrected chi connectivity index (χ2v) is 6.23. The summed E-state index contributed by atoms with van der Waals surface area (Å²) in [6, 6.07) is 8.57. The topological polar surface area (TPSA) is 41.1 Å². The average molecular weight is 272 g/mol. The van der Waals surface area contributed by atoms with Crippen molar-refractivity contribution in [1.29, 1.82) is 0 Å². The highest BCUT2D eigenvalue weighted by Crippen LogP contribution is 2.32. The van der Waals surface area contributed by atoms with Gasteiger partial charge in [-0.1, -0.05) is 38.0 Å². The summed E-state index contributed by atoms with van der Waals surface area (Å²) in [5.74, 6) is 0.851. The number of nitrogens with one attached hydrogen (secondary N) is 2. The maximum Gasteiger partial charge on any atom is 0.227 e. The molecule has 1 aromatic carbocycles. The number of hydrogen-bond acceptors (Lipinski definition) is 2. The van der Waals surface area contributed by atoms with E-state index in [4.69, 9.17) is 0 Å². The van der Waals surface area contributed by atoms with E-state index >= 15 is 0 Å². The van der Waals surface area contributed by atoms with E-state index in [1.165, 1.54) is 19.3 Å². The lowest BCUT2D eigenvalue weighted by molar-refractivity contribution is -0.124. The fourth-order valence-electron chi connectivity index (χ4n) is 3.55. The van der Waals surface area contributed by atoms with Crippen molar-refractivity contribution in [2.75, 3.05) is 11.9 Å². The number of anilines is 1. The summed E-state index contributed by atoms with van der Waals surface area (Å²) >= 11 is 0. The highest BCUT2D eigenvalue weighted by atomic mass is 16.1. The monoisotopic (exact) mass is 272 g/mol. The van der Waals surface area contributed by atoms with E-state index in [9.17, 15) is 4.79 Å². The molecule has 3 heteroatoms. The Kier molecular flexibility index (Phi) is 3.95. The molecule has 1 heterocycles. The first-order valence-electron chi connectivity index (χ1n) is 7.89. The van der Waals surface area contributed by atoms with Crippen molar-refractivity contribution in [1.82, 2.24) is 5.32 Å². The number of fused-ring (bicyclic) bond motifs is 1. The predicted octanol–water partition coefficient (Wildman–Crippen LogP) is 3.28. The molecule has 0 bridgehead atoms. The maximum absolute atomic E-state index is 12.6. The Balaban J connectivity index is 1.72. The zero-order valence-corrected chi connectivity index (χ0v) is 12.2. The molecule has 1 amide bonds. The van der Waals surface area contributed by atoms with E-state index < -0.39 is 0 Å². The lowest BCUT2D eigenvalue weighted by Gasteiger charge is -2.32. The molecule has 3 nitrogen and oxygen atoms in total. The third-order valence-electron chi connectivity index (χ3n) is 4.84. The first-order chi connectivity index (χ1) is 9.75. The summed E-state index contributed by atoms with van der Waals surface area (Å²) in [4.78, 5) is 12.6. The van der Waals surface area contributed by atoms with Crippen molar-refractivity contribution in [3.63, 3.8) is 0 Å². The first-order valence-corrected chi connectivity index (χ1v) is 7.89.